The number of rotatable bonds is 2. The molecule has 0 bridgehead atoms. The molecule has 1 aliphatic carbocycles. The molecule has 14 heavy (non-hydrogen) atoms. The van der Waals surface area contributed by atoms with E-state index in [0.29, 0.717) is 6.10 Å². The Balaban J connectivity index is 2.15. The van der Waals surface area contributed by atoms with Crippen molar-refractivity contribution in [3.8, 4) is 0 Å². The molecule has 0 unspecified atom stereocenters. The van der Waals surface area contributed by atoms with Gasteiger partial charge in [-0.25, -0.2) is 0 Å². The van der Waals surface area contributed by atoms with Gasteiger partial charge in [0.05, 0.1) is 6.10 Å². The Bertz CT molecular complexity index is 276. The van der Waals surface area contributed by atoms with Crippen LogP contribution in [-0.2, 0) is 4.74 Å². The van der Waals surface area contributed by atoms with Crippen LogP contribution in [0, 0.1) is 0 Å². The second-order valence-electron chi connectivity index (χ2n) is 4.28. The molecular formula is C12H19NO. The molecule has 0 aromatic carbocycles. The van der Waals surface area contributed by atoms with Crippen molar-refractivity contribution in [1.82, 2.24) is 5.32 Å². The van der Waals surface area contributed by atoms with Gasteiger partial charge in [-0.2, -0.15) is 0 Å². The zero-order valence-corrected chi connectivity index (χ0v) is 9.10. The fourth-order valence-electron chi connectivity index (χ4n) is 2.15. The van der Waals surface area contributed by atoms with Crippen molar-refractivity contribution in [2.75, 3.05) is 13.1 Å². The number of ether oxygens (including phenoxy) is 1. The predicted octanol–water partition coefficient (Wildman–Crippen LogP) is 2.38. The molecule has 0 fully saturated rings. The van der Waals surface area contributed by atoms with E-state index in [0.717, 1.165) is 31.7 Å². The Morgan fingerprint density at radius 3 is 3.00 bits per heavy atom. The van der Waals surface area contributed by atoms with Gasteiger partial charge in [-0.05, 0) is 56.9 Å². The van der Waals surface area contributed by atoms with Gasteiger partial charge in [-0.15, -0.1) is 0 Å². The first-order chi connectivity index (χ1) is 6.77. The molecule has 1 heterocycles. The lowest BCUT2D eigenvalue weighted by molar-refractivity contribution is 0.150. The molecule has 78 valence electrons. The Morgan fingerprint density at radius 1 is 1.36 bits per heavy atom. The van der Waals surface area contributed by atoms with Crippen molar-refractivity contribution in [1.29, 1.82) is 0 Å². The van der Waals surface area contributed by atoms with Crippen LogP contribution in [0.25, 0.3) is 0 Å². The lowest BCUT2D eigenvalue weighted by Gasteiger charge is -2.27. The monoisotopic (exact) mass is 193 g/mol. The average Bonchev–Trinajstić information content (AvgIpc) is 2.18. The second kappa shape index (κ2) is 4.18. The smallest absolute Gasteiger partial charge is 0.118 e. The summed E-state index contributed by atoms with van der Waals surface area (Å²) in [6.07, 6.45) is 6.04. The van der Waals surface area contributed by atoms with Crippen LogP contribution < -0.4 is 5.32 Å². The maximum absolute atomic E-state index is 5.84. The molecule has 1 N–H and O–H groups in total. The Kier molecular flexibility index (Phi) is 2.92. The highest BCUT2D eigenvalue weighted by Crippen LogP contribution is 2.30. The highest BCUT2D eigenvalue weighted by molar-refractivity contribution is 5.37. The third-order valence-electron chi connectivity index (χ3n) is 2.75. The van der Waals surface area contributed by atoms with Crippen molar-refractivity contribution in [2.45, 2.75) is 39.2 Å². The summed E-state index contributed by atoms with van der Waals surface area (Å²) < 4.78 is 5.84. The molecule has 0 spiro atoms. The van der Waals surface area contributed by atoms with E-state index in [1.54, 1.807) is 5.57 Å². The molecule has 2 rings (SSSR count). The minimum absolute atomic E-state index is 0.294. The highest BCUT2D eigenvalue weighted by atomic mass is 16.5. The van der Waals surface area contributed by atoms with Crippen LogP contribution in [-0.4, -0.2) is 19.2 Å². The quantitative estimate of drug-likeness (QED) is 0.727. The third kappa shape index (κ3) is 2.01. The fraction of sp³-hybridized carbons (Fsp3) is 0.667. The maximum atomic E-state index is 5.84. The molecular weight excluding hydrogens is 174 g/mol. The van der Waals surface area contributed by atoms with Crippen molar-refractivity contribution in [2.24, 2.45) is 0 Å². The molecule has 0 amide bonds. The molecule has 2 heteroatoms. The highest BCUT2D eigenvalue weighted by Gasteiger charge is 2.20. The summed E-state index contributed by atoms with van der Waals surface area (Å²) in [5.41, 5.74) is 3.04. The van der Waals surface area contributed by atoms with Crippen LogP contribution in [0.5, 0.6) is 0 Å². The van der Waals surface area contributed by atoms with Crippen LogP contribution in [0.4, 0.5) is 0 Å². The van der Waals surface area contributed by atoms with Crippen molar-refractivity contribution < 1.29 is 4.74 Å². The summed E-state index contributed by atoms with van der Waals surface area (Å²) in [5.74, 6) is 1.16. The van der Waals surface area contributed by atoms with Gasteiger partial charge >= 0.3 is 0 Å². The SMILES string of the molecule is CC(C)OC1=CCCC2=C1CCNC2. The zero-order valence-electron chi connectivity index (χ0n) is 9.10. The number of nitrogens with one attached hydrogen (secondary N) is 1. The van der Waals surface area contributed by atoms with Gasteiger partial charge in [-0.3, -0.25) is 0 Å². The molecule has 0 radical (unpaired) electrons. The van der Waals surface area contributed by atoms with Gasteiger partial charge in [-0.1, -0.05) is 0 Å². The summed E-state index contributed by atoms with van der Waals surface area (Å²) >= 11 is 0. The van der Waals surface area contributed by atoms with Gasteiger partial charge in [0.1, 0.15) is 5.76 Å². The minimum atomic E-state index is 0.294. The van der Waals surface area contributed by atoms with E-state index in [-0.39, 0.29) is 0 Å². The lowest BCUT2D eigenvalue weighted by atomic mass is 9.91. The Labute approximate surface area is 86.0 Å². The summed E-state index contributed by atoms with van der Waals surface area (Å²) in [6.45, 7) is 6.35. The van der Waals surface area contributed by atoms with Gasteiger partial charge in [0.25, 0.3) is 0 Å². The summed E-state index contributed by atoms with van der Waals surface area (Å²) in [7, 11) is 0. The molecule has 0 saturated carbocycles. The molecule has 2 aliphatic rings. The topological polar surface area (TPSA) is 21.3 Å². The molecule has 0 aromatic rings. The first-order valence-corrected chi connectivity index (χ1v) is 5.56. The normalized spacial score (nSPS) is 22.1. The van der Waals surface area contributed by atoms with Crippen LogP contribution in [0.15, 0.2) is 23.0 Å². The second-order valence-corrected chi connectivity index (χ2v) is 4.28. The Morgan fingerprint density at radius 2 is 2.21 bits per heavy atom. The first-order valence-electron chi connectivity index (χ1n) is 5.56. The van der Waals surface area contributed by atoms with Gasteiger partial charge in [0, 0.05) is 6.54 Å². The van der Waals surface area contributed by atoms with Crippen molar-refractivity contribution in [3.63, 3.8) is 0 Å². The van der Waals surface area contributed by atoms with E-state index in [4.69, 9.17) is 4.74 Å². The zero-order chi connectivity index (χ0) is 9.97. The van der Waals surface area contributed by atoms with E-state index in [9.17, 15) is 0 Å². The van der Waals surface area contributed by atoms with Crippen LogP contribution >= 0.6 is 0 Å². The van der Waals surface area contributed by atoms with E-state index >= 15 is 0 Å². The van der Waals surface area contributed by atoms with E-state index in [1.165, 1.54) is 12.0 Å². The standard InChI is InChI=1S/C12H19NO/c1-9(2)14-12-5-3-4-10-8-13-7-6-11(10)12/h5,9,13H,3-4,6-8H2,1-2H3. The molecule has 2 nitrogen and oxygen atoms in total. The largest absolute Gasteiger partial charge is 0.491 e. The molecule has 0 saturated heterocycles. The summed E-state index contributed by atoms with van der Waals surface area (Å²) in [4.78, 5) is 0. The van der Waals surface area contributed by atoms with Crippen LogP contribution in [0.1, 0.15) is 33.1 Å². The summed E-state index contributed by atoms with van der Waals surface area (Å²) in [5, 5.41) is 3.42. The third-order valence-corrected chi connectivity index (χ3v) is 2.75. The van der Waals surface area contributed by atoms with Crippen LogP contribution in [0.2, 0.25) is 0 Å². The summed E-state index contributed by atoms with van der Waals surface area (Å²) in [6, 6.07) is 0. The van der Waals surface area contributed by atoms with Crippen molar-refractivity contribution >= 4 is 0 Å². The van der Waals surface area contributed by atoms with E-state index < -0.39 is 0 Å². The van der Waals surface area contributed by atoms with Crippen molar-refractivity contribution in [3.05, 3.63) is 23.0 Å². The number of hydrogen-bond donors (Lipinski definition) is 1. The van der Waals surface area contributed by atoms with E-state index in [1.807, 2.05) is 0 Å². The number of allylic oxidation sites excluding steroid dienone is 2. The van der Waals surface area contributed by atoms with Crippen LogP contribution in [0.3, 0.4) is 0 Å². The average molecular weight is 193 g/mol. The molecule has 0 atom stereocenters. The fourth-order valence-corrected chi connectivity index (χ4v) is 2.15. The molecule has 1 aliphatic heterocycles. The molecule has 0 aromatic heterocycles. The lowest BCUT2D eigenvalue weighted by Crippen LogP contribution is -2.27. The Hall–Kier alpha value is -0.760. The van der Waals surface area contributed by atoms with Gasteiger partial charge in [0.2, 0.25) is 0 Å². The van der Waals surface area contributed by atoms with E-state index in [2.05, 4.69) is 25.2 Å². The first kappa shape index (κ1) is 9.78. The van der Waals surface area contributed by atoms with Gasteiger partial charge in [0.15, 0.2) is 0 Å². The number of hydrogen-bond acceptors (Lipinski definition) is 2. The maximum Gasteiger partial charge on any atom is 0.118 e. The minimum Gasteiger partial charge on any atom is -0.491 e. The predicted molar refractivity (Wildman–Crippen MR) is 58.1 cm³/mol. The van der Waals surface area contributed by atoms with Gasteiger partial charge < -0.3 is 10.1 Å².